The summed E-state index contributed by atoms with van der Waals surface area (Å²) in [4.78, 5) is 0. The molecule has 1 aliphatic carbocycles. The van der Waals surface area contributed by atoms with E-state index in [2.05, 4.69) is 65.8 Å². The smallest absolute Gasteiger partial charge is 0.417 e. The van der Waals surface area contributed by atoms with Crippen molar-refractivity contribution >= 4 is 33.8 Å². The van der Waals surface area contributed by atoms with E-state index in [1.54, 1.807) is 0 Å². The molecule has 1 heterocycles. The van der Waals surface area contributed by atoms with Crippen molar-refractivity contribution in [3.63, 3.8) is 0 Å². The highest BCUT2D eigenvalue weighted by Gasteiger charge is 2.58. The Balaban J connectivity index is 2.34. The highest BCUT2D eigenvalue weighted by molar-refractivity contribution is 6.90. The van der Waals surface area contributed by atoms with E-state index >= 15 is 0 Å². The topological polar surface area (TPSA) is 40.2 Å². The molecular formula is C17H40O4Si4. The molecule has 4 unspecified atom stereocenters. The summed E-state index contributed by atoms with van der Waals surface area (Å²) in [6.07, 6.45) is 4.58. The van der Waals surface area contributed by atoms with Crippen LogP contribution in [0.15, 0.2) is 0 Å². The van der Waals surface area contributed by atoms with Crippen LogP contribution in [0.4, 0.5) is 0 Å². The van der Waals surface area contributed by atoms with Gasteiger partial charge in [0.2, 0.25) is 0 Å². The molecule has 1 aliphatic heterocycles. The molecule has 0 N–H and O–H groups in total. The standard InChI is InChI=1S/C17H40O4Si4/c1-14(15-11-12-16-17(13-15)18-16)25(19-22(2,3)4,20-23(5,6)7)21-24(8,9)10/h14-17H,11-13H2,1-10H3. The highest BCUT2D eigenvalue weighted by atomic mass is 28.5. The van der Waals surface area contributed by atoms with Gasteiger partial charge in [-0.25, -0.2) is 0 Å². The molecule has 2 aliphatic rings. The van der Waals surface area contributed by atoms with Crippen LogP contribution in [0.2, 0.25) is 64.5 Å². The van der Waals surface area contributed by atoms with Gasteiger partial charge in [0.25, 0.3) is 0 Å². The van der Waals surface area contributed by atoms with Crippen molar-refractivity contribution in [3.05, 3.63) is 0 Å². The van der Waals surface area contributed by atoms with Gasteiger partial charge < -0.3 is 17.1 Å². The molecule has 0 aromatic heterocycles. The van der Waals surface area contributed by atoms with E-state index in [1.165, 1.54) is 12.8 Å². The van der Waals surface area contributed by atoms with Gasteiger partial charge in [-0.3, -0.25) is 0 Å². The molecule has 148 valence electrons. The second-order valence-corrected chi connectivity index (χ2v) is 28.1. The Hall–Kier alpha value is 0.708. The Morgan fingerprint density at radius 2 is 1.16 bits per heavy atom. The van der Waals surface area contributed by atoms with E-state index in [0.29, 0.717) is 23.7 Å². The van der Waals surface area contributed by atoms with Gasteiger partial charge in [0.1, 0.15) is 0 Å². The maximum atomic E-state index is 6.90. The van der Waals surface area contributed by atoms with E-state index in [9.17, 15) is 0 Å². The third-order valence-corrected chi connectivity index (χ3v) is 17.0. The summed E-state index contributed by atoms with van der Waals surface area (Å²) in [5, 5.41) is 0. The molecule has 0 aromatic carbocycles. The van der Waals surface area contributed by atoms with E-state index in [1.807, 2.05) is 0 Å². The maximum Gasteiger partial charge on any atom is 0.472 e. The van der Waals surface area contributed by atoms with Gasteiger partial charge in [-0.05, 0) is 84.1 Å². The van der Waals surface area contributed by atoms with Crippen molar-refractivity contribution in [2.45, 2.75) is 103 Å². The van der Waals surface area contributed by atoms with Crippen molar-refractivity contribution < 1.29 is 17.1 Å². The molecule has 4 nitrogen and oxygen atoms in total. The molecule has 4 atom stereocenters. The first kappa shape index (κ1) is 22.0. The fourth-order valence-electron chi connectivity index (χ4n) is 3.80. The minimum atomic E-state index is -2.77. The Kier molecular flexibility index (Phi) is 6.40. The summed E-state index contributed by atoms with van der Waals surface area (Å²) in [5.74, 6) is 0.597. The lowest BCUT2D eigenvalue weighted by Crippen LogP contribution is -2.63. The predicted molar refractivity (Wildman–Crippen MR) is 114 cm³/mol. The summed E-state index contributed by atoms with van der Waals surface area (Å²) in [7, 11) is -8.17. The molecule has 0 bridgehead atoms. The fourth-order valence-corrected chi connectivity index (χ4v) is 18.8. The number of fused-ring (bicyclic) bond motifs is 1. The quantitative estimate of drug-likeness (QED) is 0.387. The summed E-state index contributed by atoms with van der Waals surface area (Å²) in [6.45, 7) is 22.8. The molecule has 0 aromatic rings. The SMILES string of the molecule is CC(C1CCC2OC2C1)[Si](O[Si](C)(C)C)(O[Si](C)(C)C)O[Si](C)(C)C. The minimum absolute atomic E-state index is 0.350. The Bertz CT molecular complexity index is 426. The lowest BCUT2D eigenvalue weighted by Gasteiger charge is -2.47. The largest absolute Gasteiger partial charge is 0.472 e. The van der Waals surface area contributed by atoms with Gasteiger partial charge in [0.05, 0.1) is 12.2 Å². The molecule has 0 spiro atoms. The molecule has 1 saturated heterocycles. The summed E-state index contributed by atoms with van der Waals surface area (Å²) >= 11 is 0. The molecule has 2 rings (SSSR count). The molecule has 25 heavy (non-hydrogen) atoms. The van der Waals surface area contributed by atoms with Crippen LogP contribution >= 0.6 is 0 Å². The third-order valence-electron chi connectivity index (χ3n) is 4.65. The zero-order chi connectivity index (χ0) is 19.3. The summed E-state index contributed by atoms with van der Waals surface area (Å²) in [5.41, 5.74) is 0.350. The second-order valence-electron chi connectivity index (χ2n) is 10.8. The van der Waals surface area contributed by atoms with Crippen LogP contribution in [0.25, 0.3) is 0 Å². The van der Waals surface area contributed by atoms with E-state index in [4.69, 9.17) is 17.1 Å². The molecule has 1 saturated carbocycles. The number of ether oxygens (including phenoxy) is 1. The number of rotatable bonds is 8. The maximum absolute atomic E-state index is 6.90. The molecule has 8 heteroatoms. The number of hydrogen-bond donors (Lipinski definition) is 0. The zero-order valence-electron chi connectivity index (χ0n) is 18.1. The van der Waals surface area contributed by atoms with E-state index in [-0.39, 0.29) is 0 Å². The second kappa shape index (κ2) is 7.27. The molecule has 0 radical (unpaired) electrons. The van der Waals surface area contributed by atoms with Crippen molar-refractivity contribution in [3.8, 4) is 0 Å². The lowest BCUT2D eigenvalue weighted by molar-refractivity contribution is 0.208. The van der Waals surface area contributed by atoms with Crippen LogP contribution in [0.3, 0.4) is 0 Å². The molecule has 2 fully saturated rings. The van der Waals surface area contributed by atoms with Crippen molar-refractivity contribution in [2.75, 3.05) is 0 Å². The first-order valence-electron chi connectivity index (χ1n) is 9.86. The molecule has 0 amide bonds. The van der Waals surface area contributed by atoms with Crippen LogP contribution in [0.1, 0.15) is 26.2 Å². The summed E-state index contributed by atoms with van der Waals surface area (Å²) < 4.78 is 26.5. The van der Waals surface area contributed by atoms with Gasteiger partial charge in [-0.15, -0.1) is 0 Å². The van der Waals surface area contributed by atoms with Crippen LogP contribution < -0.4 is 0 Å². The monoisotopic (exact) mass is 420 g/mol. The highest BCUT2D eigenvalue weighted by Crippen LogP contribution is 2.48. The third kappa shape index (κ3) is 6.67. The molecular weight excluding hydrogens is 381 g/mol. The Morgan fingerprint density at radius 3 is 1.52 bits per heavy atom. The van der Waals surface area contributed by atoms with Gasteiger partial charge >= 0.3 is 8.80 Å². The van der Waals surface area contributed by atoms with Crippen molar-refractivity contribution in [1.29, 1.82) is 0 Å². The fraction of sp³-hybridized carbons (Fsp3) is 1.00. The predicted octanol–water partition coefficient (Wildman–Crippen LogP) is 5.44. The first-order valence-corrected chi connectivity index (χ1v) is 21.9. The van der Waals surface area contributed by atoms with Gasteiger partial charge in [-0.1, -0.05) is 6.92 Å². The Labute approximate surface area is 159 Å². The number of hydrogen-bond acceptors (Lipinski definition) is 4. The van der Waals surface area contributed by atoms with Crippen LogP contribution in [-0.4, -0.2) is 46.0 Å². The van der Waals surface area contributed by atoms with Crippen LogP contribution in [-0.2, 0) is 17.1 Å². The van der Waals surface area contributed by atoms with Crippen molar-refractivity contribution in [1.82, 2.24) is 0 Å². The van der Waals surface area contributed by atoms with Crippen LogP contribution in [0, 0.1) is 5.92 Å². The average molecular weight is 421 g/mol. The average Bonchev–Trinajstić information content (AvgIpc) is 3.08. The van der Waals surface area contributed by atoms with Gasteiger partial charge in [0, 0.05) is 5.54 Å². The Morgan fingerprint density at radius 1 is 0.720 bits per heavy atom. The minimum Gasteiger partial charge on any atom is -0.417 e. The van der Waals surface area contributed by atoms with E-state index < -0.39 is 33.8 Å². The van der Waals surface area contributed by atoms with Gasteiger partial charge in [-0.2, -0.15) is 0 Å². The lowest BCUT2D eigenvalue weighted by atomic mass is 9.87. The zero-order valence-corrected chi connectivity index (χ0v) is 22.1. The van der Waals surface area contributed by atoms with Crippen molar-refractivity contribution in [2.24, 2.45) is 5.92 Å². The van der Waals surface area contributed by atoms with Gasteiger partial charge in [0.15, 0.2) is 25.0 Å². The summed E-state index contributed by atoms with van der Waals surface area (Å²) in [6, 6.07) is 0. The van der Waals surface area contributed by atoms with E-state index in [0.717, 1.165) is 6.42 Å². The number of epoxide rings is 1. The first-order chi connectivity index (χ1) is 11.1. The normalized spacial score (nSPS) is 29.3. The van der Waals surface area contributed by atoms with Crippen LogP contribution in [0.5, 0.6) is 0 Å².